The number of benzene rings is 4. The fraction of sp³-hybridized carbons (Fsp3) is 0.100. The first-order valence-electron chi connectivity index (χ1n) is 11.9. The van der Waals surface area contributed by atoms with Crippen molar-refractivity contribution in [2.45, 2.75) is 12.2 Å². The largest absolute Gasteiger partial charge is 0.507 e. The maximum absolute atomic E-state index is 13.0. The van der Waals surface area contributed by atoms with Crippen molar-refractivity contribution in [3.05, 3.63) is 108 Å². The van der Waals surface area contributed by atoms with Gasteiger partial charge in [-0.25, -0.2) is 4.79 Å². The predicted octanol–water partition coefficient (Wildman–Crippen LogP) is 5.50. The third-order valence-corrected chi connectivity index (χ3v) is 5.96. The van der Waals surface area contributed by atoms with Crippen molar-refractivity contribution in [2.24, 2.45) is 0 Å². The number of aromatic hydroxyl groups is 1. The molecule has 0 aliphatic heterocycles. The Kier molecular flexibility index (Phi) is 8.41. The molecule has 4 aromatic carbocycles. The second-order valence-corrected chi connectivity index (χ2v) is 8.50. The number of nitrogens with two attached hydrogens (primary N) is 1. The van der Waals surface area contributed by atoms with Gasteiger partial charge in [0, 0.05) is 29.8 Å². The number of nitrogens with zero attached hydrogens (tertiary/aromatic N) is 1. The fourth-order valence-corrected chi connectivity index (χ4v) is 4.02. The number of hydrogen-bond acceptors (Lipinski definition) is 7. The fourth-order valence-electron chi connectivity index (χ4n) is 4.02. The predicted molar refractivity (Wildman–Crippen MR) is 149 cm³/mol. The highest BCUT2D eigenvalue weighted by Gasteiger charge is 2.28. The lowest BCUT2D eigenvalue weighted by molar-refractivity contribution is -0.112. The molecule has 39 heavy (non-hydrogen) atoms. The quantitative estimate of drug-likeness (QED) is 0.176. The number of carbonyl (C=O) groups is 2. The topological polar surface area (TPSA) is 147 Å². The van der Waals surface area contributed by atoms with Crippen LogP contribution in [0.2, 0.25) is 0 Å². The zero-order chi connectivity index (χ0) is 27.8. The molecule has 0 unspecified atom stereocenters. The first kappa shape index (κ1) is 26.7. The molecular weight excluding hydrogens is 496 g/mol. The van der Waals surface area contributed by atoms with E-state index in [1.165, 1.54) is 25.3 Å². The number of nitriles is 1. The lowest BCUT2D eigenvalue weighted by Gasteiger charge is -2.26. The Bertz CT molecular complexity index is 1560. The molecule has 0 fully saturated rings. The van der Waals surface area contributed by atoms with E-state index in [1.807, 2.05) is 6.07 Å². The van der Waals surface area contributed by atoms with E-state index in [0.717, 1.165) is 0 Å². The van der Waals surface area contributed by atoms with Crippen LogP contribution in [-0.4, -0.2) is 30.3 Å². The third kappa shape index (κ3) is 6.52. The molecule has 9 heteroatoms. The minimum atomic E-state index is -1.01. The van der Waals surface area contributed by atoms with Crippen LogP contribution in [0.25, 0.3) is 10.8 Å². The van der Waals surface area contributed by atoms with Crippen molar-refractivity contribution in [1.29, 1.82) is 5.26 Å². The van der Waals surface area contributed by atoms with Crippen LogP contribution >= 0.6 is 0 Å². The lowest BCUT2D eigenvalue weighted by atomic mass is 9.96. The van der Waals surface area contributed by atoms with Crippen LogP contribution in [0.5, 0.6) is 5.75 Å². The number of hydrogen-bond donors (Lipinski definition) is 4. The van der Waals surface area contributed by atoms with Gasteiger partial charge in [-0.2, -0.15) is 5.26 Å². The third-order valence-electron chi connectivity index (χ3n) is 5.96. The van der Waals surface area contributed by atoms with Gasteiger partial charge in [0.2, 0.25) is 5.91 Å². The Morgan fingerprint density at radius 2 is 1.64 bits per heavy atom. The summed E-state index contributed by atoms with van der Waals surface area (Å²) in [4.78, 5) is 25.6. The van der Waals surface area contributed by atoms with Gasteiger partial charge in [-0.1, -0.05) is 42.5 Å². The minimum absolute atomic E-state index is 0.0690. The second-order valence-electron chi connectivity index (χ2n) is 8.50. The van der Waals surface area contributed by atoms with Crippen molar-refractivity contribution in [2.75, 3.05) is 23.5 Å². The molecule has 196 valence electrons. The Morgan fingerprint density at radius 1 is 0.949 bits per heavy atom. The summed E-state index contributed by atoms with van der Waals surface area (Å²) in [5.74, 6) is -0.384. The number of phenolic OH excluding ortho intramolecular Hbond substituents is 1. The zero-order valence-electron chi connectivity index (χ0n) is 21.0. The van der Waals surface area contributed by atoms with Gasteiger partial charge >= 0.3 is 6.09 Å². The number of nitrogens with one attached hydrogen (secondary N) is 2. The van der Waals surface area contributed by atoms with E-state index in [-0.39, 0.29) is 5.75 Å². The van der Waals surface area contributed by atoms with Gasteiger partial charge in [0.15, 0.2) is 6.10 Å². The molecular formula is C30H26N4O5. The number of anilines is 3. The van der Waals surface area contributed by atoms with Gasteiger partial charge in [0.1, 0.15) is 11.9 Å². The van der Waals surface area contributed by atoms with E-state index >= 15 is 0 Å². The highest BCUT2D eigenvalue weighted by molar-refractivity contribution is 6.01. The lowest BCUT2D eigenvalue weighted by Crippen LogP contribution is -2.27. The van der Waals surface area contributed by atoms with Crippen LogP contribution in [0.4, 0.5) is 21.9 Å². The SMILES string of the molecule is CO[C@H](/C=C/C(=O)Nc1ccccc1N)[C@H](OC(=O)Nc1ccc(C#N)cc1)c1ccc(O)c2ccccc12. The molecule has 0 radical (unpaired) electrons. The van der Waals surface area contributed by atoms with E-state index in [4.69, 9.17) is 20.5 Å². The van der Waals surface area contributed by atoms with E-state index in [9.17, 15) is 14.7 Å². The normalized spacial score (nSPS) is 12.4. The molecule has 0 aromatic heterocycles. The Balaban J connectivity index is 1.64. The molecule has 0 saturated heterocycles. The number of rotatable bonds is 8. The average Bonchev–Trinajstić information content (AvgIpc) is 2.95. The molecule has 4 rings (SSSR count). The van der Waals surface area contributed by atoms with E-state index in [1.54, 1.807) is 78.9 Å². The number of carbonyl (C=O) groups excluding carboxylic acids is 2. The Labute approximate surface area is 225 Å². The molecule has 9 nitrogen and oxygen atoms in total. The number of methoxy groups -OCH3 is 1. The summed E-state index contributed by atoms with van der Waals surface area (Å²) >= 11 is 0. The van der Waals surface area contributed by atoms with Crippen LogP contribution in [-0.2, 0) is 14.3 Å². The molecule has 5 N–H and O–H groups in total. The standard InChI is InChI=1S/C30H26N4O5/c1-38-27(16-17-28(36)34-25-9-5-4-8-24(25)32)29(23-14-15-26(35)22-7-3-2-6-21(22)23)39-30(37)33-20-12-10-19(18-31)11-13-20/h2-17,27,29,35H,32H2,1H3,(H,33,37)(H,34,36)/b17-16+/t27-,29-/m1/s1. The molecule has 2 amide bonds. The molecule has 4 aromatic rings. The summed E-state index contributed by atoms with van der Waals surface area (Å²) in [5, 5.41) is 25.9. The van der Waals surface area contributed by atoms with Gasteiger partial charge < -0.3 is 25.6 Å². The van der Waals surface area contributed by atoms with Crippen molar-refractivity contribution < 1.29 is 24.2 Å². The van der Waals surface area contributed by atoms with Crippen LogP contribution in [0.15, 0.2) is 97.1 Å². The van der Waals surface area contributed by atoms with Crippen molar-refractivity contribution in [3.63, 3.8) is 0 Å². The molecule has 0 aliphatic rings. The highest BCUT2D eigenvalue weighted by Crippen LogP contribution is 2.35. The maximum Gasteiger partial charge on any atom is 0.412 e. The van der Waals surface area contributed by atoms with E-state index in [0.29, 0.717) is 39.0 Å². The molecule has 0 bridgehead atoms. The molecule has 0 saturated carbocycles. The number of phenols is 1. The molecule has 2 atom stereocenters. The summed E-state index contributed by atoms with van der Waals surface area (Å²) < 4.78 is 11.5. The number of para-hydroxylation sites is 2. The number of nitrogen functional groups attached to an aromatic ring is 1. The van der Waals surface area contributed by atoms with E-state index < -0.39 is 24.2 Å². The van der Waals surface area contributed by atoms with Crippen LogP contribution < -0.4 is 16.4 Å². The van der Waals surface area contributed by atoms with Gasteiger partial charge in [-0.15, -0.1) is 0 Å². The van der Waals surface area contributed by atoms with Gasteiger partial charge in [-0.3, -0.25) is 10.1 Å². The smallest absolute Gasteiger partial charge is 0.412 e. The number of fused-ring (bicyclic) bond motifs is 1. The summed E-state index contributed by atoms with van der Waals surface area (Å²) in [6.07, 6.45) is 0.0838. The summed E-state index contributed by atoms with van der Waals surface area (Å²) in [7, 11) is 1.43. The number of amides is 2. The van der Waals surface area contributed by atoms with Crippen molar-refractivity contribution >= 4 is 39.8 Å². The van der Waals surface area contributed by atoms with Crippen molar-refractivity contribution in [3.8, 4) is 11.8 Å². The average molecular weight is 523 g/mol. The van der Waals surface area contributed by atoms with Crippen molar-refractivity contribution in [1.82, 2.24) is 0 Å². The van der Waals surface area contributed by atoms with E-state index in [2.05, 4.69) is 10.6 Å². The maximum atomic E-state index is 13.0. The van der Waals surface area contributed by atoms with Gasteiger partial charge in [0.25, 0.3) is 0 Å². The molecule has 0 spiro atoms. The van der Waals surface area contributed by atoms with Gasteiger partial charge in [0.05, 0.1) is 23.0 Å². The van der Waals surface area contributed by atoms with Gasteiger partial charge in [-0.05, 0) is 53.9 Å². The van der Waals surface area contributed by atoms with Crippen LogP contribution in [0.3, 0.4) is 0 Å². The minimum Gasteiger partial charge on any atom is -0.507 e. The Hall–Kier alpha value is -5.33. The van der Waals surface area contributed by atoms with Crippen LogP contribution in [0.1, 0.15) is 17.2 Å². The first-order valence-corrected chi connectivity index (χ1v) is 11.9. The summed E-state index contributed by atoms with van der Waals surface area (Å²) in [5.41, 5.74) is 8.22. The monoisotopic (exact) mass is 522 g/mol. The molecule has 0 aliphatic carbocycles. The summed E-state index contributed by atoms with van der Waals surface area (Å²) in [6, 6.07) is 25.4. The van der Waals surface area contributed by atoms with Crippen LogP contribution in [0, 0.1) is 11.3 Å². The highest BCUT2D eigenvalue weighted by atomic mass is 16.6. The summed E-state index contributed by atoms with van der Waals surface area (Å²) in [6.45, 7) is 0. The zero-order valence-corrected chi connectivity index (χ0v) is 21.0. The number of ether oxygens (including phenoxy) is 2. The second kappa shape index (κ2) is 12.3. The first-order chi connectivity index (χ1) is 18.9. The Morgan fingerprint density at radius 3 is 2.33 bits per heavy atom. The molecule has 0 heterocycles.